The third-order valence-corrected chi connectivity index (χ3v) is 5.15. The predicted molar refractivity (Wildman–Crippen MR) is 91.7 cm³/mol. The van der Waals surface area contributed by atoms with Crippen molar-refractivity contribution >= 4 is 5.91 Å². The van der Waals surface area contributed by atoms with Gasteiger partial charge in [-0.3, -0.25) is 9.69 Å². The van der Waals surface area contributed by atoms with Crippen LogP contribution in [0.3, 0.4) is 0 Å². The number of rotatable bonds is 7. The van der Waals surface area contributed by atoms with Crippen molar-refractivity contribution in [3.05, 3.63) is 35.9 Å². The number of carbonyl (C=O) groups is 1. The lowest BCUT2D eigenvalue weighted by atomic mass is 9.87. The molecule has 0 aromatic heterocycles. The minimum atomic E-state index is -0.148. The summed E-state index contributed by atoms with van der Waals surface area (Å²) < 4.78 is 0. The molecule has 1 aliphatic carbocycles. The van der Waals surface area contributed by atoms with Gasteiger partial charge in [0.2, 0.25) is 5.91 Å². The Hall–Kier alpha value is -1.35. The van der Waals surface area contributed by atoms with E-state index in [2.05, 4.69) is 55.3 Å². The molecule has 1 atom stereocenters. The molecule has 3 heteroatoms. The van der Waals surface area contributed by atoms with Gasteiger partial charge < -0.3 is 5.32 Å². The second-order valence-corrected chi connectivity index (χ2v) is 6.63. The smallest absolute Gasteiger partial charge is 0.226 e. The molecule has 0 bridgehead atoms. The highest BCUT2D eigenvalue weighted by molar-refractivity contribution is 5.82. The van der Waals surface area contributed by atoms with Gasteiger partial charge in [-0.15, -0.1) is 0 Å². The summed E-state index contributed by atoms with van der Waals surface area (Å²) in [6.45, 7) is 9.15. The Morgan fingerprint density at radius 2 is 1.77 bits per heavy atom. The van der Waals surface area contributed by atoms with Gasteiger partial charge >= 0.3 is 0 Å². The first kappa shape index (κ1) is 17.0. The van der Waals surface area contributed by atoms with E-state index < -0.39 is 0 Å². The molecule has 0 radical (unpaired) electrons. The van der Waals surface area contributed by atoms with Crippen LogP contribution in [0.4, 0.5) is 0 Å². The standard InChI is InChI=1S/C19H30N2O/c1-4-21(5-2)17(16-11-7-6-8-12-16)15-20-18(22)19(3)13-9-10-14-19/h6-8,11-12,17H,4-5,9-10,13-15H2,1-3H3,(H,20,22). The average molecular weight is 302 g/mol. The Labute approximate surface area is 135 Å². The third kappa shape index (κ3) is 3.89. The number of carbonyl (C=O) groups excluding carboxylic acids is 1. The first-order valence-corrected chi connectivity index (χ1v) is 8.68. The van der Waals surface area contributed by atoms with E-state index >= 15 is 0 Å². The molecule has 3 nitrogen and oxygen atoms in total. The Balaban J connectivity index is 2.05. The van der Waals surface area contributed by atoms with E-state index in [1.165, 1.54) is 18.4 Å². The van der Waals surface area contributed by atoms with E-state index in [1.807, 2.05) is 6.07 Å². The highest BCUT2D eigenvalue weighted by atomic mass is 16.2. The maximum Gasteiger partial charge on any atom is 0.226 e. The molecule has 1 amide bonds. The molecular weight excluding hydrogens is 272 g/mol. The predicted octanol–water partition coefficient (Wildman–Crippen LogP) is 3.77. The van der Waals surface area contributed by atoms with Gasteiger partial charge in [0.1, 0.15) is 0 Å². The van der Waals surface area contributed by atoms with E-state index in [9.17, 15) is 4.79 Å². The summed E-state index contributed by atoms with van der Waals surface area (Å²) in [4.78, 5) is 15.0. The molecule has 1 aliphatic rings. The van der Waals surface area contributed by atoms with Crippen LogP contribution in [0.5, 0.6) is 0 Å². The Morgan fingerprint density at radius 1 is 1.18 bits per heavy atom. The molecule has 0 aliphatic heterocycles. The lowest BCUT2D eigenvalue weighted by Crippen LogP contribution is -2.43. The summed E-state index contributed by atoms with van der Waals surface area (Å²) in [5.41, 5.74) is 1.13. The number of hydrogen-bond acceptors (Lipinski definition) is 2. The van der Waals surface area contributed by atoms with Crippen molar-refractivity contribution in [2.24, 2.45) is 5.41 Å². The van der Waals surface area contributed by atoms with Crippen LogP contribution in [-0.4, -0.2) is 30.4 Å². The summed E-state index contributed by atoms with van der Waals surface area (Å²) in [6, 6.07) is 10.8. The van der Waals surface area contributed by atoms with Crippen molar-refractivity contribution in [2.45, 2.75) is 52.5 Å². The molecule has 1 saturated carbocycles. The molecule has 1 aromatic carbocycles. The number of benzene rings is 1. The lowest BCUT2D eigenvalue weighted by molar-refractivity contribution is -0.130. The highest BCUT2D eigenvalue weighted by Gasteiger charge is 2.36. The Kier molecular flexibility index (Phi) is 6.01. The van der Waals surface area contributed by atoms with Gasteiger partial charge in [0.05, 0.1) is 6.04 Å². The van der Waals surface area contributed by atoms with Crippen LogP contribution in [0.2, 0.25) is 0 Å². The second kappa shape index (κ2) is 7.77. The molecule has 0 saturated heterocycles. The summed E-state index contributed by atoms with van der Waals surface area (Å²) in [7, 11) is 0. The molecular formula is C19H30N2O. The highest BCUT2D eigenvalue weighted by Crippen LogP contribution is 2.37. The van der Waals surface area contributed by atoms with Crippen LogP contribution >= 0.6 is 0 Å². The fourth-order valence-corrected chi connectivity index (χ4v) is 3.58. The van der Waals surface area contributed by atoms with Crippen molar-refractivity contribution in [3.8, 4) is 0 Å². The van der Waals surface area contributed by atoms with Crippen molar-refractivity contribution in [1.29, 1.82) is 0 Å². The largest absolute Gasteiger partial charge is 0.354 e. The molecule has 0 heterocycles. The molecule has 22 heavy (non-hydrogen) atoms. The number of nitrogens with zero attached hydrogens (tertiary/aromatic N) is 1. The Bertz CT molecular complexity index is 462. The zero-order chi connectivity index (χ0) is 16.0. The molecule has 1 N–H and O–H groups in total. The SMILES string of the molecule is CCN(CC)C(CNC(=O)C1(C)CCCC1)c1ccccc1. The summed E-state index contributed by atoms with van der Waals surface area (Å²) in [5.74, 6) is 0.234. The summed E-state index contributed by atoms with van der Waals surface area (Å²) in [5, 5.41) is 3.23. The summed E-state index contributed by atoms with van der Waals surface area (Å²) in [6.07, 6.45) is 4.42. The van der Waals surface area contributed by atoms with Crippen LogP contribution in [0, 0.1) is 5.41 Å². The van der Waals surface area contributed by atoms with Crippen molar-refractivity contribution in [3.63, 3.8) is 0 Å². The van der Waals surface area contributed by atoms with Gasteiger partial charge in [-0.25, -0.2) is 0 Å². The average Bonchev–Trinajstić information content (AvgIpc) is 3.00. The lowest BCUT2D eigenvalue weighted by Gasteiger charge is -2.32. The topological polar surface area (TPSA) is 32.3 Å². The van der Waals surface area contributed by atoms with Gasteiger partial charge in [0.15, 0.2) is 0 Å². The van der Waals surface area contributed by atoms with E-state index in [-0.39, 0.29) is 17.4 Å². The molecule has 1 unspecified atom stereocenters. The van der Waals surface area contributed by atoms with E-state index in [0.717, 1.165) is 25.9 Å². The van der Waals surface area contributed by atoms with Crippen LogP contribution < -0.4 is 5.32 Å². The number of amides is 1. The zero-order valence-electron chi connectivity index (χ0n) is 14.3. The fraction of sp³-hybridized carbons (Fsp3) is 0.632. The van der Waals surface area contributed by atoms with Crippen LogP contribution in [0.1, 0.15) is 58.1 Å². The quantitative estimate of drug-likeness (QED) is 0.831. The maximum atomic E-state index is 12.6. The van der Waals surface area contributed by atoms with Crippen molar-refractivity contribution in [1.82, 2.24) is 10.2 Å². The number of nitrogens with one attached hydrogen (secondary N) is 1. The maximum absolute atomic E-state index is 12.6. The van der Waals surface area contributed by atoms with Crippen LogP contribution in [0.25, 0.3) is 0 Å². The molecule has 1 aromatic rings. The van der Waals surface area contributed by atoms with Crippen LogP contribution in [-0.2, 0) is 4.79 Å². The van der Waals surface area contributed by atoms with Crippen molar-refractivity contribution < 1.29 is 4.79 Å². The third-order valence-electron chi connectivity index (χ3n) is 5.15. The van der Waals surface area contributed by atoms with E-state index in [4.69, 9.17) is 0 Å². The van der Waals surface area contributed by atoms with Crippen LogP contribution in [0.15, 0.2) is 30.3 Å². The molecule has 0 spiro atoms. The minimum absolute atomic E-state index is 0.148. The second-order valence-electron chi connectivity index (χ2n) is 6.63. The zero-order valence-corrected chi connectivity index (χ0v) is 14.3. The number of likely N-dealkylation sites (N-methyl/N-ethyl adjacent to an activating group) is 1. The van der Waals surface area contributed by atoms with Gasteiger partial charge in [-0.05, 0) is 31.5 Å². The van der Waals surface area contributed by atoms with Gasteiger partial charge in [-0.2, -0.15) is 0 Å². The molecule has 122 valence electrons. The first-order chi connectivity index (χ1) is 10.6. The minimum Gasteiger partial charge on any atom is -0.354 e. The van der Waals surface area contributed by atoms with Gasteiger partial charge in [0.25, 0.3) is 0 Å². The van der Waals surface area contributed by atoms with Gasteiger partial charge in [-0.1, -0.05) is 63.9 Å². The van der Waals surface area contributed by atoms with Gasteiger partial charge in [0, 0.05) is 12.0 Å². The monoisotopic (exact) mass is 302 g/mol. The normalized spacial score (nSPS) is 18.4. The van der Waals surface area contributed by atoms with E-state index in [1.54, 1.807) is 0 Å². The summed E-state index contributed by atoms with van der Waals surface area (Å²) >= 11 is 0. The van der Waals surface area contributed by atoms with E-state index in [0.29, 0.717) is 6.54 Å². The molecule has 1 fully saturated rings. The number of hydrogen-bond donors (Lipinski definition) is 1. The fourth-order valence-electron chi connectivity index (χ4n) is 3.58. The van der Waals surface area contributed by atoms with Crippen molar-refractivity contribution in [2.75, 3.05) is 19.6 Å². The Morgan fingerprint density at radius 3 is 2.32 bits per heavy atom. The first-order valence-electron chi connectivity index (χ1n) is 8.68. The molecule has 2 rings (SSSR count).